The summed E-state index contributed by atoms with van der Waals surface area (Å²) in [6.07, 6.45) is 1.23. The summed E-state index contributed by atoms with van der Waals surface area (Å²) in [5, 5.41) is 2.03. The Bertz CT molecular complexity index is 194. The second-order valence-corrected chi connectivity index (χ2v) is 6.08. The quantitative estimate of drug-likeness (QED) is 0.690. The standard InChI is InChI=1S/C10H23N3S/c1-9(2)5-6-14-8-10(9,7-11)12-13(3)4/h12H,5-8,11H2,1-4H3. The fourth-order valence-electron chi connectivity index (χ4n) is 2.00. The van der Waals surface area contributed by atoms with E-state index in [2.05, 4.69) is 19.3 Å². The van der Waals surface area contributed by atoms with Crippen molar-refractivity contribution in [2.24, 2.45) is 11.1 Å². The van der Waals surface area contributed by atoms with Gasteiger partial charge in [-0.05, 0) is 17.6 Å². The molecule has 1 fully saturated rings. The molecule has 0 radical (unpaired) electrons. The first-order valence-electron chi connectivity index (χ1n) is 5.16. The molecule has 14 heavy (non-hydrogen) atoms. The summed E-state index contributed by atoms with van der Waals surface area (Å²) in [6.45, 7) is 5.33. The summed E-state index contributed by atoms with van der Waals surface area (Å²) >= 11 is 2.00. The van der Waals surface area contributed by atoms with E-state index in [1.54, 1.807) is 0 Å². The number of hydrogen-bond acceptors (Lipinski definition) is 4. The summed E-state index contributed by atoms with van der Waals surface area (Å²) in [7, 11) is 4.07. The molecule has 1 heterocycles. The largest absolute Gasteiger partial charge is 0.329 e. The molecule has 3 nitrogen and oxygen atoms in total. The van der Waals surface area contributed by atoms with Crippen LogP contribution < -0.4 is 11.2 Å². The highest BCUT2D eigenvalue weighted by molar-refractivity contribution is 7.99. The molecule has 1 rings (SSSR count). The van der Waals surface area contributed by atoms with Gasteiger partial charge < -0.3 is 5.73 Å². The fourth-order valence-corrected chi connectivity index (χ4v) is 3.72. The summed E-state index contributed by atoms with van der Waals surface area (Å²) in [6, 6.07) is 0. The van der Waals surface area contributed by atoms with E-state index in [0.717, 1.165) is 5.75 Å². The Morgan fingerprint density at radius 1 is 1.43 bits per heavy atom. The molecule has 84 valence electrons. The minimum Gasteiger partial charge on any atom is -0.329 e. The van der Waals surface area contributed by atoms with Crippen molar-refractivity contribution in [3.8, 4) is 0 Å². The van der Waals surface area contributed by atoms with E-state index in [4.69, 9.17) is 5.73 Å². The minimum absolute atomic E-state index is 0.0550. The number of nitrogens with two attached hydrogens (primary N) is 1. The van der Waals surface area contributed by atoms with E-state index < -0.39 is 0 Å². The average Bonchev–Trinajstić information content (AvgIpc) is 2.08. The van der Waals surface area contributed by atoms with Gasteiger partial charge in [0.2, 0.25) is 0 Å². The van der Waals surface area contributed by atoms with Gasteiger partial charge in [0, 0.05) is 26.4 Å². The maximum Gasteiger partial charge on any atom is 0.0588 e. The van der Waals surface area contributed by atoms with Crippen molar-refractivity contribution in [1.29, 1.82) is 0 Å². The summed E-state index contributed by atoms with van der Waals surface area (Å²) in [5.41, 5.74) is 9.81. The molecule has 1 aliphatic heterocycles. The molecule has 1 unspecified atom stereocenters. The zero-order valence-electron chi connectivity index (χ0n) is 9.76. The van der Waals surface area contributed by atoms with Crippen molar-refractivity contribution in [1.82, 2.24) is 10.4 Å². The summed E-state index contributed by atoms with van der Waals surface area (Å²) in [4.78, 5) is 0. The maximum absolute atomic E-state index is 5.96. The average molecular weight is 217 g/mol. The Labute approximate surface area is 91.8 Å². The zero-order valence-corrected chi connectivity index (χ0v) is 10.6. The van der Waals surface area contributed by atoms with Crippen LogP contribution in [0.25, 0.3) is 0 Å². The Kier molecular flexibility index (Phi) is 3.86. The molecule has 0 aromatic rings. The van der Waals surface area contributed by atoms with Crippen molar-refractivity contribution in [3.63, 3.8) is 0 Å². The number of hydrazine groups is 1. The molecule has 0 saturated carbocycles. The van der Waals surface area contributed by atoms with Crippen LogP contribution in [0.4, 0.5) is 0 Å². The first kappa shape index (κ1) is 12.3. The molecule has 0 aromatic carbocycles. The lowest BCUT2D eigenvalue weighted by Crippen LogP contribution is -2.67. The number of nitrogens with zero attached hydrogens (tertiary/aromatic N) is 1. The molecule has 1 saturated heterocycles. The Morgan fingerprint density at radius 2 is 2.07 bits per heavy atom. The number of rotatable bonds is 3. The lowest BCUT2D eigenvalue weighted by Gasteiger charge is -2.51. The molecule has 0 aliphatic carbocycles. The fraction of sp³-hybridized carbons (Fsp3) is 1.00. The number of nitrogens with one attached hydrogen (secondary N) is 1. The second kappa shape index (κ2) is 4.39. The summed E-state index contributed by atoms with van der Waals surface area (Å²) in [5.74, 6) is 2.36. The van der Waals surface area contributed by atoms with E-state index in [-0.39, 0.29) is 11.0 Å². The molecule has 4 heteroatoms. The summed E-state index contributed by atoms with van der Waals surface area (Å²) < 4.78 is 0. The molecule has 0 aromatic heterocycles. The Balaban J connectivity index is 2.82. The molecule has 0 spiro atoms. The van der Waals surface area contributed by atoms with Crippen LogP contribution in [0.3, 0.4) is 0 Å². The zero-order chi connectivity index (χ0) is 10.8. The van der Waals surface area contributed by atoms with Crippen molar-refractivity contribution < 1.29 is 0 Å². The van der Waals surface area contributed by atoms with Crippen LogP contribution in [0.2, 0.25) is 0 Å². The van der Waals surface area contributed by atoms with Gasteiger partial charge in [0.25, 0.3) is 0 Å². The highest BCUT2D eigenvalue weighted by Gasteiger charge is 2.46. The molecule has 1 aliphatic rings. The van der Waals surface area contributed by atoms with E-state index >= 15 is 0 Å². The first-order chi connectivity index (χ1) is 6.43. The van der Waals surface area contributed by atoms with E-state index in [0.29, 0.717) is 6.54 Å². The lowest BCUT2D eigenvalue weighted by atomic mass is 9.71. The van der Waals surface area contributed by atoms with Gasteiger partial charge in [0.15, 0.2) is 0 Å². The van der Waals surface area contributed by atoms with Gasteiger partial charge in [-0.15, -0.1) is 0 Å². The Morgan fingerprint density at radius 3 is 2.50 bits per heavy atom. The highest BCUT2D eigenvalue weighted by Crippen LogP contribution is 2.41. The lowest BCUT2D eigenvalue weighted by molar-refractivity contribution is 0.0626. The van der Waals surface area contributed by atoms with Crippen LogP contribution >= 0.6 is 11.8 Å². The van der Waals surface area contributed by atoms with Gasteiger partial charge in [0.1, 0.15) is 0 Å². The molecule has 3 N–H and O–H groups in total. The van der Waals surface area contributed by atoms with Gasteiger partial charge in [-0.2, -0.15) is 11.8 Å². The Hall–Kier alpha value is 0.230. The molecule has 0 amide bonds. The van der Waals surface area contributed by atoms with Gasteiger partial charge >= 0.3 is 0 Å². The smallest absolute Gasteiger partial charge is 0.0588 e. The monoisotopic (exact) mass is 217 g/mol. The van der Waals surface area contributed by atoms with Gasteiger partial charge in [0.05, 0.1) is 5.54 Å². The van der Waals surface area contributed by atoms with Crippen LogP contribution in [0, 0.1) is 5.41 Å². The van der Waals surface area contributed by atoms with Crippen LogP contribution in [-0.2, 0) is 0 Å². The number of thioether (sulfide) groups is 1. The van der Waals surface area contributed by atoms with Gasteiger partial charge in [-0.1, -0.05) is 13.8 Å². The normalized spacial score (nSPS) is 32.1. The van der Waals surface area contributed by atoms with E-state index in [9.17, 15) is 0 Å². The third-order valence-electron chi connectivity index (χ3n) is 3.30. The van der Waals surface area contributed by atoms with Crippen molar-refractivity contribution >= 4 is 11.8 Å². The first-order valence-corrected chi connectivity index (χ1v) is 6.32. The van der Waals surface area contributed by atoms with E-state index in [1.165, 1.54) is 12.2 Å². The third kappa shape index (κ3) is 2.24. The SMILES string of the molecule is CN(C)NC1(CN)CSCCC1(C)C. The molecular weight excluding hydrogens is 194 g/mol. The van der Waals surface area contributed by atoms with E-state index in [1.807, 2.05) is 30.9 Å². The second-order valence-electron chi connectivity index (χ2n) is 4.98. The minimum atomic E-state index is 0.0550. The molecule has 1 atom stereocenters. The molecule has 0 bridgehead atoms. The van der Waals surface area contributed by atoms with Gasteiger partial charge in [-0.25, -0.2) is 10.4 Å². The number of hydrogen-bond donors (Lipinski definition) is 2. The van der Waals surface area contributed by atoms with Crippen molar-refractivity contribution in [3.05, 3.63) is 0 Å². The maximum atomic E-state index is 5.96. The predicted molar refractivity (Wildman–Crippen MR) is 64.3 cm³/mol. The van der Waals surface area contributed by atoms with Crippen LogP contribution in [0.15, 0.2) is 0 Å². The van der Waals surface area contributed by atoms with Crippen LogP contribution in [0.5, 0.6) is 0 Å². The topological polar surface area (TPSA) is 41.3 Å². The van der Waals surface area contributed by atoms with Crippen LogP contribution in [-0.4, -0.2) is 42.7 Å². The molecular formula is C10H23N3S. The van der Waals surface area contributed by atoms with Gasteiger partial charge in [-0.3, -0.25) is 0 Å². The van der Waals surface area contributed by atoms with Crippen LogP contribution in [0.1, 0.15) is 20.3 Å². The third-order valence-corrected chi connectivity index (χ3v) is 4.49. The highest BCUT2D eigenvalue weighted by atomic mass is 32.2. The predicted octanol–water partition coefficient (Wildman–Crippen LogP) is 0.913. The van der Waals surface area contributed by atoms with Crippen molar-refractivity contribution in [2.45, 2.75) is 25.8 Å². The van der Waals surface area contributed by atoms with Crippen molar-refractivity contribution in [2.75, 3.05) is 32.1 Å².